The number of halogens is 1. The molecule has 0 radical (unpaired) electrons. The van der Waals surface area contributed by atoms with Crippen LogP contribution in [0.5, 0.6) is 0 Å². The number of amides is 1. The summed E-state index contributed by atoms with van der Waals surface area (Å²) in [4.78, 5) is 14.6. The van der Waals surface area contributed by atoms with Gasteiger partial charge in [0.2, 0.25) is 5.91 Å². The van der Waals surface area contributed by atoms with Gasteiger partial charge in [-0.15, -0.1) is 0 Å². The predicted octanol–water partition coefficient (Wildman–Crippen LogP) is 3.74. The first-order valence-corrected chi connectivity index (χ1v) is 8.80. The molecule has 2 aromatic carbocycles. The van der Waals surface area contributed by atoms with E-state index in [0.29, 0.717) is 11.4 Å². The quantitative estimate of drug-likeness (QED) is 0.824. The monoisotopic (exact) mass is 359 g/mol. The number of benzene rings is 2. The molecule has 1 heterocycles. The average molecular weight is 360 g/mol. The molecule has 1 saturated heterocycles. The van der Waals surface area contributed by atoms with Crippen molar-refractivity contribution in [1.82, 2.24) is 4.90 Å². The minimum Gasteiger partial charge on any atom is -0.379 e. The van der Waals surface area contributed by atoms with Gasteiger partial charge in [0.25, 0.3) is 0 Å². The number of rotatable bonds is 6. The lowest BCUT2D eigenvalue weighted by molar-refractivity contribution is -0.116. The summed E-state index contributed by atoms with van der Waals surface area (Å²) in [6.45, 7) is 3.99. The predicted molar refractivity (Wildman–Crippen MR) is 102 cm³/mol. The first-order chi connectivity index (χ1) is 12.2. The third-order valence-electron chi connectivity index (χ3n) is 4.07. The summed E-state index contributed by atoms with van der Waals surface area (Å²) >= 11 is 6.11. The van der Waals surface area contributed by atoms with E-state index in [1.807, 2.05) is 42.5 Å². The van der Waals surface area contributed by atoms with Crippen LogP contribution >= 0.6 is 11.6 Å². The Bertz CT molecular complexity index is 703. The van der Waals surface area contributed by atoms with Gasteiger partial charge in [-0.2, -0.15) is 0 Å². The van der Waals surface area contributed by atoms with Crippen LogP contribution in [0.3, 0.4) is 0 Å². The first-order valence-electron chi connectivity index (χ1n) is 8.42. The Morgan fingerprint density at radius 2 is 1.84 bits per heavy atom. The molecule has 0 aliphatic carbocycles. The van der Waals surface area contributed by atoms with Crippen molar-refractivity contribution >= 4 is 34.6 Å². The summed E-state index contributed by atoms with van der Waals surface area (Å²) in [6, 6.07) is 15.2. The highest BCUT2D eigenvalue weighted by atomic mass is 35.5. The fraction of sp³-hybridized carbons (Fsp3) is 0.316. The Morgan fingerprint density at radius 3 is 2.60 bits per heavy atom. The van der Waals surface area contributed by atoms with E-state index in [0.717, 1.165) is 49.9 Å². The smallest absolute Gasteiger partial charge is 0.225 e. The number of anilines is 3. The second kappa shape index (κ2) is 8.85. The molecule has 1 aliphatic heterocycles. The van der Waals surface area contributed by atoms with Crippen LogP contribution in [0.4, 0.5) is 17.1 Å². The van der Waals surface area contributed by atoms with Gasteiger partial charge in [0.05, 0.1) is 24.6 Å². The average Bonchev–Trinajstić information content (AvgIpc) is 2.64. The normalized spacial score (nSPS) is 14.9. The summed E-state index contributed by atoms with van der Waals surface area (Å²) < 4.78 is 5.32. The molecule has 5 nitrogen and oxygen atoms in total. The van der Waals surface area contributed by atoms with Gasteiger partial charge in [0, 0.05) is 36.8 Å². The molecule has 2 N–H and O–H groups in total. The fourth-order valence-electron chi connectivity index (χ4n) is 2.70. The van der Waals surface area contributed by atoms with Crippen molar-refractivity contribution in [3.8, 4) is 0 Å². The lowest BCUT2D eigenvalue weighted by Crippen LogP contribution is -2.38. The zero-order chi connectivity index (χ0) is 17.5. The van der Waals surface area contributed by atoms with E-state index in [9.17, 15) is 4.79 Å². The van der Waals surface area contributed by atoms with Gasteiger partial charge in [-0.05, 0) is 30.3 Å². The number of nitrogens with zero attached hydrogens (tertiary/aromatic N) is 1. The van der Waals surface area contributed by atoms with E-state index in [1.54, 1.807) is 6.07 Å². The fourth-order valence-corrected chi connectivity index (χ4v) is 2.88. The molecule has 0 spiro atoms. The summed E-state index contributed by atoms with van der Waals surface area (Å²) in [7, 11) is 0. The first kappa shape index (κ1) is 17.7. The van der Waals surface area contributed by atoms with Crippen LogP contribution in [-0.4, -0.2) is 43.7 Å². The van der Waals surface area contributed by atoms with Crippen LogP contribution < -0.4 is 10.6 Å². The molecule has 0 bridgehead atoms. The molecule has 132 valence electrons. The number of carbonyl (C=O) groups is 1. The van der Waals surface area contributed by atoms with Crippen LogP contribution in [0.1, 0.15) is 6.42 Å². The Hall–Kier alpha value is -2.08. The van der Waals surface area contributed by atoms with Crippen LogP contribution in [0.25, 0.3) is 0 Å². The van der Waals surface area contributed by atoms with Crippen LogP contribution in [-0.2, 0) is 9.53 Å². The topological polar surface area (TPSA) is 53.6 Å². The maximum Gasteiger partial charge on any atom is 0.225 e. The zero-order valence-corrected chi connectivity index (χ0v) is 14.8. The molecule has 2 aromatic rings. The van der Waals surface area contributed by atoms with Crippen molar-refractivity contribution in [2.24, 2.45) is 0 Å². The Kier molecular flexibility index (Phi) is 6.28. The van der Waals surface area contributed by atoms with Gasteiger partial charge in [0.1, 0.15) is 0 Å². The van der Waals surface area contributed by atoms with Gasteiger partial charge in [-0.25, -0.2) is 0 Å². The Morgan fingerprint density at radius 1 is 1.08 bits per heavy atom. The van der Waals surface area contributed by atoms with E-state index >= 15 is 0 Å². The number of carbonyl (C=O) groups excluding carboxylic acids is 1. The SMILES string of the molecule is O=C(CCN1CCOCC1)Nc1ccc(Cl)cc1Nc1ccccc1. The molecule has 6 heteroatoms. The summed E-state index contributed by atoms with van der Waals surface area (Å²) in [5, 5.41) is 6.89. The highest BCUT2D eigenvalue weighted by molar-refractivity contribution is 6.31. The van der Waals surface area contributed by atoms with Crippen molar-refractivity contribution in [2.75, 3.05) is 43.5 Å². The molecule has 25 heavy (non-hydrogen) atoms. The molecule has 0 aromatic heterocycles. The van der Waals surface area contributed by atoms with E-state index in [-0.39, 0.29) is 5.91 Å². The van der Waals surface area contributed by atoms with Gasteiger partial charge in [-0.1, -0.05) is 29.8 Å². The lowest BCUT2D eigenvalue weighted by atomic mass is 10.2. The van der Waals surface area contributed by atoms with Gasteiger partial charge < -0.3 is 15.4 Å². The molecule has 0 saturated carbocycles. The maximum absolute atomic E-state index is 12.3. The molecule has 0 unspecified atom stereocenters. The van der Waals surface area contributed by atoms with Crippen LogP contribution in [0.15, 0.2) is 48.5 Å². The lowest BCUT2D eigenvalue weighted by Gasteiger charge is -2.26. The van der Waals surface area contributed by atoms with Crippen LogP contribution in [0.2, 0.25) is 5.02 Å². The molecule has 1 amide bonds. The van der Waals surface area contributed by atoms with E-state index < -0.39 is 0 Å². The highest BCUT2D eigenvalue weighted by Gasteiger charge is 2.13. The number of para-hydroxylation sites is 1. The van der Waals surface area contributed by atoms with Gasteiger partial charge in [0.15, 0.2) is 0 Å². The Balaban J connectivity index is 1.61. The van der Waals surface area contributed by atoms with Crippen molar-refractivity contribution in [2.45, 2.75) is 6.42 Å². The van der Waals surface area contributed by atoms with Gasteiger partial charge >= 0.3 is 0 Å². The van der Waals surface area contributed by atoms with Crippen molar-refractivity contribution < 1.29 is 9.53 Å². The summed E-state index contributed by atoms with van der Waals surface area (Å²) in [5.41, 5.74) is 2.44. The molecule has 0 atom stereocenters. The van der Waals surface area contributed by atoms with Crippen molar-refractivity contribution in [3.05, 3.63) is 53.6 Å². The number of hydrogen-bond acceptors (Lipinski definition) is 4. The van der Waals surface area contributed by atoms with E-state index in [2.05, 4.69) is 15.5 Å². The number of nitrogens with one attached hydrogen (secondary N) is 2. The molecule has 3 rings (SSSR count). The largest absolute Gasteiger partial charge is 0.379 e. The maximum atomic E-state index is 12.3. The second-order valence-electron chi connectivity index (χ2n) is 5.93. The van der Waals surface area contributed by atoms with E-state index in [1.165, 1.54) is 0 Å². The number of morpholine rings is 1. The van der Waals surface area contributed by atoms with Gasteiger partial charge in [-0.3, -0.25) is 9.69 Å². The number of hydrogen-bond donors (Lipinski definition) is 2. The number of ether oxygens (including phenoxy) is 1. The van der Waals surface area contributed by atoms with Crippen LogP contribution in [0, 0.1) is 0 Å². The third-order valence-corrected chi connectivity index (χ3v) is 4.30. The molecular weight excluding hydrogens is 338 g/mol. The summed E-state index contributed by atoms with van der Waals surface area (Å²) in [5.74, 6) is -0.00933. The summed E-state index contributed by atoms with van der Waals surface area (Å²) in [6.07, 6.45) is 0.452. The zero-order valence-electron chi connectivity index (χ0n) is 14.0. The minimum atomic E-state index is -0.00933. The standard InChI is InChI=1S/C19H22ClN3O2/c20-15-6-7-17(18(14-15)21-16-4-2-1-3-5-16)22-19(24)8-9-23-10-12-25-13-11-23/h1-7,14,21H,8-13H2,(H,22,24). The molecule has 1 fully saturated rings. The van der Waals surface area contributed by atoms with Crippen molar-refractivity contribution in [3.63, 3.8) is 0 Å². The third kappa shape index (κ3) is 5.46. The minimum absolute atomic E-state index is 0.00933. The highest BCUT2D eigenvalue weighted by Crippen LogP contribution is 2.29. The second-order valence-corrected chi connectivity index (χ2v) is 6.37. The van der Waals surface area contributed by atoms with E-state index in [4.69, 9.17) is 16.3 Å². The molecular formula is C19H22ClN3O2. The van der Waals surface area contributed by atoms with Crippen molar-refractivity contribution in [1.29, 1.82) is 0 Å². The Labute approximate surface area is 152 Å². The molecule has 1 aliphatic rings.